The van der Waals surface area contributed by atoms with Crippen LogP contribution in [0.5, 0.6) is 11.5 Å². The first-order valence-electron chi connectivity index (χ1n) is 16.8. The number of methoxy groups -OCH3 is 1. The molecular weight excluding hydrogens is 613 g/mol. The summed E-state index contributed by atoms with van der Waals surface area (Å²) in [7, 11) is 1.64. The van der Waals surface area contributed by atoms with Gasteiger partial charge in [0, 0.05) is 28.3 Å². The van der Waals surface area contributed by atoms with Gasteiger partial charge in [-0.1, -0.05) is 36.4 Å². The van der Waals surface area contributed by atoms with Crippen molar-refractivity contribution < 1.29 is 32.1 Å². The first kappa shape index (κ1) is 32.2. The van der Waals surface area contributed by atoms with E-state index in [4.69, 9.17) is 18.9 Å². The molecule has 0 N–H and O–H groups in total. The molecule has 0 saturated carbocycles. The first-order chi connectivity index (χ1) is 23.0. The van der Waals surface area contributed by atoms with Gasteiger partial charge in [0.1, 0.15) is 23.0 Å². The van der Waals surface area contributed by atoms with Crippen molar-refractivity contribution in [3.8, 4) is 11.5 Å². The topological polar surface area (TPSA) is 36.9 Å². The SMILES string of the molecule is COC1=CC2c3c(c4c(c5cc(C(F)(F)F)ccc35)OC(c3ccc(OC(C)C)cc3)(C3C=CC(OC(C)C)=CC3)C=C4)CCC2C=C1. The van der Waals surface area contributed by atoms with Crippen LogP contribution in [-0.4, -0.2) is 19.3 Å². The van der Waals surface area contributed by atoms with Gasteiger partial charge in [0.05, 0.1) is 24.9 Å². The molecule has 0 spiro atoms. The highest BCUT2D eigenvalue weighted by Crippen LogP contribution is 2.54. The summed E-state index contributed by atoms with van der Waals surface area (Å²) >= 11 is 0. The Morgan fingerprint density at radius 3 is 2.29 bits per heavy atom. The van der Waals surface area contributed by atoms with E-state index in [1.54, 1.807) is 13.2 Å². The molecule has 0 bridgehead atoms. The standard InChI is InChI=1S/C41H41F3O4/c1-24(2)46-30-14-8-27(9-15-30)40(28-10-16-31(17-11-28)47-25(3)4)21-20-35-33-18-7-26-6-13-32(45-5)23-36(26)38(33)34-19-12-29(41(42,43)44)22-37(34)39(35)48-40/h6,8-10,12-17,19-26,28,36H,7,11,18H2,1-5H3. The van der Waals surface area contributed by atoms with Crippen molar-refractivity contribution in [1.29, 1.82) is 0 Å². The molecule has 4 atom stereocenters. The average Bonchev–Trinajstić information content (AvgIpc) is 3.07. The lowest BCUT2D eigenvalue weighted by molar-refractivity contribution is -0.137. The van der Waals surface area contributed by atoms with E-state index in [1.165, 1.54) is 12.1 Å². The third-order valence-electron chi connectivity index (χ3n) is 9.82. The summed E-state index contributed by atoms with van der Waals surface area (Å²) in [6.07, 6.45) is 14.5. The van der Waals surface area contributed by atoms with Gasteiger partial charge < -0.3 is 18.9 Å². The van der Waals surface area contributed by atoms with Gasteiger partial charge in [-0.2, -0.15) is 13.2 Å². The third-order valence-corrected chi connectivity index (χ3v) is 9.82. The van der Waals surface area contributed by atoms with Gasteiger partial charge in [-0.05, 0) is 124 Å². The van der Waals surface area contributed by atoms with Crippen molar-refractivity contribution in [2.75, 3.05) is 7.11 Å². The zero-order chi connectivity index (χ0) is 33.8. The van der Waals surface area contributed by atoms with Crippen molar-refractivity contribution in [1.82, 2.24) is 0 Å². The summed E-state index contributed by atoms with van der Waals surface area (Å²) in [5.74, 6) is 2.85. The molecule has 1 heterocycles. The van der Waals surface area contributed by atoms with Crippen molar-refractivity contribution in [2.45, 2.75) is 76.9 Å². The van der Waals surface area contributed by atoms with Crippen LogP contribution < -0.4 is 9.47 Å². The Bertz CT molecular complexity index is 1880. The summed E-state index contributed by atoms with van der Waals surface area (Å²) in [6, 6.07) is 12.0. The highest BCUT2D eigenvalue weighted by atomic mass is 19.4. The summed E-state index contributed by atoms with van der Waals surface area (Å²) in [4.78, 5) is 0. The second-order valence-electron chi connectivity index (χ2n) is 13.6. The van der Waals surface area contributed by atoms with Gasteiger partial charge in [-0.25, -0.2) is 0 Å². The van der Waals surface area contributed by atoms with Crippen LogP contribution in [0.2, 0.25) is 0 Å². The number of fused-ring (bicyclic) bond motifs is 8. The van der Waals surface area contributed by atoms with Gasteiger partial charge in [0.15, 0.2) is 5.60 Å². The molecule has 0 saturated heterocycles. The fraction of sp³-hybridized carbons (Fsp3) is 0.366. The van der Waals surface area contributed by atoms with Crippen LogP contribution in [0.1, 0.15) is 74.3 Å². The van der Waals surface area contributed by atoms with Gasteiger partial charge in [0.2, 0.25) is 0 Å². The summed E-state index contributed by atoms with van der Waals surface area (Å²) in [5.41, 5.74) is 2.23. The van der Waals surface area contributed by atoms with Crippen molar-refractivity contribution in [3.05, 3.63) is 124 Å². The molecule has 0 aromatic heterocycles. The lowest BCUT2D eigenvalue weighted by atomic mass is 9.69. The maximum absolute atomic E-state index is 14.3. The lowest BCUT2D eigenvalue weighted by Gasteiger charge is -2.43. The predicted octanol–water partition coefficient (Wildman–Crippen LogP) is 10.6. The molecule has 7 rings (SSSR count). The molecule has 48 heavy (non-hydrogen) atoms. The van der Waals surface area contributed by atoms with Crippen molar-refractivity contribution in [3.63, 3.8) is 0 Å². The second-order valence-corrected chi connectivity index (χ2v) is 13.6. The predicted molar refractivity (Wildman–Crippen MR) is 183 cm³/mol. The molecule has 4 unspecified atom stereocenters. The summed E-state index contributed by atoms with van der Waals surface area (Å²) in [6.45, 7) is 7.94. The van der Waals surface area contributed by atoms with E-state index >= 15 is 0 Å². The van der Waals surface area contributed by atoms with Crippen molar-refractivity contribution >= 4 is 16.8 Å². The number of halogens is 3. The number of hydrogen-bond donors (Lipinski definition) is 0. The van der Waals surface area contributed by atoms with E-state index in [2.05, 4.69) is 36.5 Å². The Hall–Kier alpha value is -4.39. The number of ether oxygens (including phenoxy) is 4. The number of benzene rings is 3. The van der Waals surface area contributed by atoms with Gasteiger partial charge in [0.25, 0.3) is 0 Å². The second kappa shape index (κ2) is 12.2. The quantitative estimate of drug-likeness (QED) is 0.254. The monoisotopic (exact) mass is 654 g/mol. The van der Waals surface area contributed by atoms with E-state index in [9.17, 15) is 13.2 Å². The zero-order valence-electron chi connectivity index (χ0n) is 27.9. The molecule has 3 aromatic carbocycles. The van der Waals surface area contributed by atoms with Crippen LogP contribution in [0.25, 0.3) is 16.8 Å². The smallest absolute Gasteiger partial charge is 0.416 e. The highest BCUT2D eigenvalue weighted by Gasteiger charge is 2.45. The van der Waals surface area contributed by atoms with E-state index in [0.717, 1.165) is 57.7 Å². The molecule has 0 fully saturated rings. The number of hydrogen-bond acceptors (Lipinski definition) is 4. The van der Waals surface area contributed by atoms with E-state index in [0.29, 0.717) is 17.6 Å². The number of rotatable bonds is 7. The van der Waals surface area contributed by atoms with Crippen LogP contribution in [0, 0.1) is 11.8 Å². The number of alkyl halides is 3. The highest BCUT2D eigenvalue weighted by molar-refractivity contribution is 5.98. The maximum atomic E-state index is 14.3. The van der Waals surface area contributed by atoms with Gasteiger partial charge in [-0.3, -0.25) is 0 Å². The normalized spacial score (nSPS) is 24.4. The Morgan fingerprint density at radius 2 is 1.62 bits per heavy atom. The Kier molecular flexibility index (Phi) is 8.21. The molecular formula is C41H41F3O4. The van der Waals surface area contributed by atoms with E-state index in [1.807, 2.05) is 64.1 Å². The lowest BCUT2D eigenvalue weighted by Crippen LogP contribution is -2.41. The van der Waals surface area contributed by atoms with Crippen LogP contribution in [0.4, 0.5) is 13.2 Å². The summed E-state index contributed by atoms with van der Waals surface area (Å²) in [5, 5.41) is 1.25. The van der Waals surface area contributed by atoms with E-state index in [-0.39, 0.29) is 30.0 Å². The minimum Gasteiger partial charge on any atom is -0.497 e. The maximum Gasteiger partial charge on any atom is 0.416 e. The minimum absolute atomic E-state index is 0.0161. The molecule has 1 aliphatic heterocycles. The van der Waals surface area contributed by atoms with Gasteiger partial charge in [-0.15, -0.1) is 0 Å². The third kappa shape index (κ3) is 5.71. The molecule has 3 aromatic rings. The Morgan fingerprint density at radius 1 is 0.875 bits per heavy atom. The van der Waals surface area contributed by atoms with Crippen LogP contribution in [-0.2, 0) is 27.7 Å². The molecule has 250 valence electrons. The van der Waals surface area contributed by atoms with Gasteiger partial charge >= 0.3 is 6.18 Å². The molecule has 3 aliphatic carbocycles. The Balaban J connectivity index is 1.43. The average molecular weight is 655 g/mol. The fourth-order valence-corrected chi connectivity index (χ4v) is 7.71. The molecule has 4 aliphatic rings. The first-order valence-corrected chi connectivity index (χ1v) is 16.8. The Labute approximate surface area is 280 Å². The minimum atomic E-state index is -4.51. The van der Waals surface area contributed by atoms with Crippen LogP contribution >= 0.6 is 0 Å². The largest absolute Gasteiger partial charge is 0.497 e. The zero-order valence-corrected chi connectivity index (χ0v) is 27.9. The van der Waals surface area contributed by atoms with Crippen LogP contribution in [0.3, 0.4) is 0 Å². The summed E-state index contributed by atoms with van der Waals surface area (Å²) < 4.78 is 67.6. The fourth-order valence-electron chi connectivity index (χ4n) is 7.71. The molecule has 0 amide bonds. The van der Waals surface area contributed by atoms with Crippen LogP contribution in [0.15, 0.2) is 96.5 Å². The van der Waals surface area contributed by atoms with Crippen molar-refractivity contribution in [2.24, 2.45) is 11.8 Å². The molecule has 0 radical (unpaired) electrons. The molecule has 4 nitrogen and oxygen atoms in total. The molecule has 7 heteroatoms. The van der Waals surface area contributed by atoms with E-state index < -0.39 is 17.3 Å². The number of allylic oxidation sites excluding steroid dienone is 5.